The van der Waals surface area contributed by atoms with Gasteiger partial charge in [-0.3, -0.25) is 9.89 Å². The predicted octanol–water partition coefficient (Wildman–Crippen LogP) is 1.57. The highest BCUT2D eigenvalue weighted by Gasteiger charge is 2.19. The molecule has 0 spiro atoms. The summed E-state index contributed by atoms with van der Waals surface area (Å²) in [4.78, 5) is 15.3. The van der Waals surface area contributed by atoms with Crippen LogP contribution in [0.2, 0.25) is 0 Å². The third-order valence-electron chi connectivity index (χ3n) is 2.41. The van der Waals surface area contributed by atoms with Gasteiger partial charge in [-0.25, -0.2) is 13.8 Å². The summed E-state index contributed by atoms with van der Waals surface area (Å²) >= 11 is 0. The number of carbonyl (C=O) groups excluding carboxylic acids is 1. The number of rotatable bonds is 3. The number of carbonyl (C=O) groups is 1. The lowest BCUT2D eigenvalue weighted by Crippen LogP contribution is -2.28. The highest BCUT2D eigenvalue weighted by Crippen LogP contribution is 2.20. The van der Waals surface area contributed by atoms with Crippen LogP contribution in [0.25, 0.3) is 0 Å². The molecule has 18 heavy (non-hydrogen) atoms. The van der Waals surface area contributed by atoms with Crippen molar-refractivity contribution in [2.45, 2.75) is 13.0 Å². The Morgan fingerprint density at radius 1 is 1.39 bits per heavy atom. The number of amides is 1. The van der Waals surface area contributed by atoms with Crippen molar-refractivity contribution in [1.29, 1.82) is 0 Å². The van der Waals surface area contributed by atoms with Crippen LogP contribution in [-0.2, 0) is 0 Å². The zero-order valence-corrected chi connectivity index (χ0v) is 9.45. The van der Waals surface area contributed by atoms with Crippen molar-refractivity contribution in [2.75, 3.05) is 0 Å². The monoisotopic (exact) mass is 252 g/mol. The maximum Gasteiger partial charge on any atom is 0.289 e. The van der Waals surface area contributed by atoms with Crippen LogP contribution in [0.1, 0.15) is 29.1 Å². The van der Waals surface area contributed by atoms with E-state index in [2.05, 4.69) is 20.5 Å². The highest BCUT2D eigenvalue weighted by molar-refractivity contribution is 5.90. The third-order valence-corrected chi connectivity index (χ3v) is 2.41. The lowest BCUT2D eigenvalue weighted by atomic mass is 10.1. The van der Waals surface area contributed by atoms with Gasteiger partial charge in [0.25, 0.3) is 5.91 Å². The number of aromatic nitrogens is 3. The van der Waals surface area contributed by atoms with Gasteiger partial charge in [0.1, 0.15) is 18.0 Å². The fourth-order valence-corrected chi connectivity index (χ4v) is 1.58. The van der Waals surface area contributed by atoms with E-state index in [9.17, 15) is 13.6 Å². The number of H-pyrrole nitrogens is 1. The van der Waals surface area contributed by atoms with Gasteiger partial charge in [-0.2, -0.15) is 5.10 Å². The Hall–Kier alpha value is -2.31. The van der Waals surface area contributed by atoms with Gasteiger partial charge < -0.3 is 5.32 Å². The summed E-state index contributed by atoms with van der Waals surface area (Å²) in [7, 11) is 0. The van der Waals surface area contributed by atoms with E-state index in [4.69, 9.17) is 0 Å². The first-order valence-electron chi connectivity index (χ1n) is 5.19. The van der Waals surface area contributed by atoms with Crippen LogP contribution in [0.15, 0.2) is 24.5 Å². The van der Waals surface area contributed by atoms with Gasteiger partial charge in [0.05, 0.1) is 6.04 Å². The molecule has 0 bridgehead atoms. The van der Waals surface area contributed by atoms with E-state index in [1.54, 1.807) is 0 Å². The van der Waals surface area contributed by atoms with Gasteiger partial charge in [-0.1, -0.05) is 6.07 Å². The van der Waals surface area contributed by atoms with Crippen molar-refractivity contribution in [3.05, 3.63) is 47.5 Å². The van der Waals surface area contributed by atoms with Gasteiger partial charge in [0.2, 0.25) is 5.82 Å². The Balaban J connectivity index is 2.17. The first-order valence-corrected chi connectivity index (χ1v) is 5.19. The molecule has 1 atom stereocenters. The number of nitrogens with zero attached hydrogens (tertiary/aromatic N) is 2. The predicted molar refractivity (Wildman–Crippen MR) is 58.6 cm³/mol. The van der Waals surface area contributed by atoms with Crippen LogP contribution in [-0.4, -0.2) is 21.1 Å². The molecular formula is C11H10F2N4O. The molecule has 1 aromatic carbocycles. The third kappa shape index (κ3) is 2.34. The molecule has 2 N–H and O–H groups in total. The van der Waals surface area contributed by atoms with Crippen molar-refractivity contribution in [3.8, 4) is 0 Å². The molecule has 2 aromatic rings. The van der Waals surface area contributed by atoms with E-state index in [-0.39, 0.29) is 11.4 Å². The molecule has 5 nitrogen and oxygen atoms in total. The zero-order valence-electron chi connectivity index (χ0n) is 9.45. The van der Waals surface area contributed by atoms with Crippen molar-refractivity contribution < 1.29 is 13.6 Å². The number of halogens is 2. The lowest BCUT2D eigenvalue weighted by molar-refractivity contribution is 0.0928. The molecule has 0 saturated heterocycles. The van der Waals surface area contributed by atoms with E-state index < -0.39 is 23.6 Å². The van der Waals surface area contributed by atoms with Crippen molar-refractivity contribution in [2.24, 2.45) is 0 Å². The van der Waals surface area contributed by atoms with Crippen LogP contribution >= 0.6 is 0 Å². The molecule has 7 heteroatoms. The van der Waals surface area contributed by atoms with E-state index in [0.29, 0.717) is 0 Å². The van der Waals surface area contributed by atoms with Crippen molar-refractivity contribution in [1.82, 2.24) is 20.5 Å². The minimum absolute atomic E-state index is 0.0152. The summed E-state index contributed by atoms with van der Waals surface area (Å²) in [5.41, 5.74) is -0.189. The van der Waals surface area contributed by atoms with Crippen molar-refractivity contribution >= 4 is 5.91 Å². The Labute approximate surface area is 101 Å². The van der Waals surface area contributed by atoms with Crippen molar-refractivity contribution in [3.63, 3.8) is 0 Å². The van der Waals surface area contributed by atoms with Gasteiger partial charge in [-0.05, 0) is 19.1 Å². The molecular weight excluding hydrogens is 242 g/mol. The Morgan fingerprint density at radius 2 is 2.06 bits per heavy atom. The largest absolute Gasteiger partial charge is 0.343 e. The lowest BCUT2D eigenvalue weighted by Gasteiger charge is -2.14. The maximum absolute atomic E-state index is 13.5. The molecule has 1 heterocycles. The van der Waals surface area contributed by atoms with Crippen LogP contribution in [0.4, 0.5) is 8.78 Å². The average Bonchev–Trinajstić information content (AvgIpc) is 2.81. The minimum atomic E-state index is -0.816. The summed E-state index contributed by atoms with van der Waals surface area (Å²) in [6, 6.07) is 2.72. The molecule has 0 aliphatic rings. The van der Waals surface area contributed by atoms with Gasteiger partial charge in [0, 0.05) is 5.56 Å². The zero-order chi connectivity index (χ0) is 13.1. The van der Waals surface area contributed by atoms with Gasteiger partial charge in [0.15, 0.2) is 0 Å². The average molecular weight is 252 g/mol. The summed E-state index contributed by atoms with van der Waals surface area (Å²) < 4.78 is 26.9. The number of aromatic amines is 1. The highest BCUT2D eigenvalue weighted by atomic mass is 19.1. The quantitative estimate of drug-likeness (QED) is 0.871. The molecule has 1 unspecified atom stereocenters. The second kappa shape index (κ2) is 4.91. The van der Waals surface area contributed by atoms with Crippen LogP contribution in [0, 0.1) is 11.6 Å². The summed E-state index contributed by atoms with van der Waals surface area (Å²) in [6.07, 6.45) is 1.17. The second-order valence-electron chi connectivity index (χ2n) is 3.66. The van der Waals surface area contributed by atoms with E-state index >= 15 is 0 Å². The fraction of sp³-hybridized carbons (Fsp3) is 0.182. The van der Waals surface area contributed by atoms with Crippen LogP contribution < -0.4 is 5.32 Å². The number of benzene rings is 1. The maximum atomic E-state index is 13.5. The molecule has 2 rings (SSSR count). The molecule has 0 aliphatic carbocycles. The molecule has 0 fully saturated rings. The first kappa shape index (κ1) is 12.2. The van der Waals surface area contributed by atoms with Crippen LogP contribution in [0.5, 0.6) is 0 Å². The van der Waals surface area contributed by atoms with Gasteiger partial charge >= 0.3 is 0 Å². The number of hydrogen-bond acceptors (Lipinski definition) is 3. The summed E-state index contributed by atoms with van der Waals surface area (Å²) in [5.74, 6) is -2.01. The first-order chi connectivity index (χ1) is 8.59. The smallest absolute Gasteiger partial charge is 0.289 e. The second-order valence-corrected chi connectivity index (χ2v) is 3.66. The van der Waals surface area contributed by atoms with E-state index in [0.717, 1.165) is 12.1 Å². The number of hydrogen-bond donors (Lipinski definition) is 2. The van der Waals surface area contributed by atoms with E-state index in [1.165, 1.54) is 19.3 Å². The Bertz CT molecular complexity index is 536. The SMILES string of the molecule is CC(NC(=O)c1ncn[nH]1)c1c(F)cccc1F. The molecule has 1 aromatic heterocycles. The molecule has 0 aliphatic heterocycles. The topological polar surface area (TPSA) is 70.7 Å². The summed E-state index contributed by atoms with van der Waals surface area (Å²) in [6.45, 7) is 1.48. The Kier molecular flexibility index (Phi) is 3.31. The standard InChI is InChI=1S/C11H10F2N4O/c1-6(9-7(12)3-2-4-8(9)13)16-11(18)10-14-5-15-17-10/h2-6H,1H3,(H,16,18)(H,14,15,17). The minimum Gasteiger partial charge on any atom is -0.343 e. The molecule has 94 valence electrons. The molecule has 1 amide bonds. The Morgan fingerprint density at radius 3 is 2.61 bits per heavy atom. The van der Waals surface area contributed by atoms with Gasteiger partial charge in [-0.15, -0.1) is 0 Å². The molecule has 0 saturated carbocycles. The van der Waals surface area contributed by atoms with E-state index in [1.807, 2.05) is 0 Å². The summed E-state index contributed by atoms with van der Waals surface area (Å²) in [5, 5.41) is 8.30. The van der Waals surface area contributed by atoms with Crippen LogP contribution in [0.3, 0.4) is 0 Å². The fourth-order valence-electron chi connectivity index (χ4n) is 1.58. The normalized spacial score (nSPS) is 12.2. The number of nitrogens with one attached hydrogen (secondary N) is 2. The molecule has 0 radical (unpaired) electrons.